The molecule has 6 nitrogen and oxygen atoms in total. The lowest BCUT2D eigenvalue weighted by Gasteiger charge is -2.16. The summed E-state index contributed by atoms with van der Waals surface area (Å²) >= 11 is 1.52. The Labute approximate surface area is 156 Å². The molecule has 1 N–H and O–H groups in total. The molecule has 0 heterocycles. The predicted molar refractivity (Wildman–Crippen MR) is 101 cm³/mol. The van der Waals surface area contributed by atoms with Crippen LogP contribution in [-0.4, -0.2) is 38.5 Å². The minimum atomic E-state index is -0.978. The van der Waals surface area contributed by atoms with Crippen molar-refractivity contribution in [3.05, 3.63) is 48.0 Å². The zero-order chi connectivity index (χ0) is 19.1. The smallest absolute Gasteiger partial charge is 0.342 e. The number of esters is 1. The topological polar surface area (TPSA) is 73.9 Å². The molecule has 0 aliphatic rings. The summed E-state index contributed by atoms with van der Waals surface area (Å²) in [7, 11) is 2.91. The highest BCUT2D eigenvalue weighted by Gasteiger charge is 2.23. The Hall–Kier alpha value is -2.67. The number of amides is 1. The summed E-state index contributed by atoms with van der Waals surface area (Å²) in [5, 5.41) is 2.78. The molecular weight excluding hydrogens is 354 g/mol. The lowest BCUT2D eigenvalue weighted by molar-refractivity contribution is -0.123. The Morgan fingerprint density at radius 2 is 1.77 bits per heavy atom. The van der Waals surface area contributed by atoms with Gasteiger partial charge in [0.05, 0.1) is 19.9 Å². The third kappa shape index (κ3) is 4.49. The summed E-state index contributed by atoms with van der Waals surface area (Å²) in [4.78, 5) is 25.7. The number of anilines is 1. The van der Waals surface area contributed by atoms with E-state index in [1.165, 1.54) is 32.9 Å². The first-order chi connectivity index (χ1) is 12.5. The molecule has 2 rings (SSSR count). The second-order valence-electron chi connectivity index (χ2n) is 5.28. The molecule has 0 aliphatic heterocycles. The fourth-order valence-electron chi connectivity index (χ4n) is 2.31. The number of methoxy groups -OCH3 is 2. The third-order valence-corrected chi connectivity index (χ3v) is 4.44. The second kappa shape index (κ2) is 9.15. The van der Waals surface area contributed by atoms with E-state index in [4.69, 9.17) is 14.2 Å². The minimum Gasteiger partial charge on any atom is -0.493 e. The van der Waals surface area contributed by atoms with E-state index in [-0.39, 0.29) is 11.3 Å². The fourth-order valence-corrected chi connectivity index (χ4v) is 2.86. The van der Waals surface area contributed by atoms with Crippen LogP contribution in [0.15, 0.2) is 47.4 Å². The van der Waals surface area contributed by atoms with Crippen molar-refractivity contribution in [3.8, 4) is 11.5 Å². The highest BCUT2D eigenvalue weighted by atomic mass is 32.2. The Morgan fingerprint density at radius 3 is 2.42 bits per heavy atom. The molecule has 138 valence electrons. The van der Waals surface area contributed by atoms with Crippen LogP contribution in [-0.2, 0) is 9.53 Å². The summed E-state index contributed by atoms with van der Waals surface area (Å²) in [6, 6.07) is 12.3. The molecule has 2 aromatic carbocycles. The molecule has 7 heteroatoms. The van der Waals surface area contributed by atoms with Crippen LogP contribution < -0.4 is 14.8 Å². The average molecular weight is 375 g/mol. The lowest BCUT2D eigenvalue weighted by Crippen LogP contribution is -2.30. The van der Waals surface area contributed by atoms with Crippen molar-refractivity contribution < 1.29 is 23.8 Å². The van der Waals surface area contributed by atoms with Crippen molar-refractivity contribution >= 4 is 29.3 Å². The number of rotatable bonds is 7. The summed E-state index contributed by atoms with van der Waals surface area (Å²) in [5.41, 5.74) is 0.864. The molecule has 0 saturated heterocycles. The van der Waals surface area contributed by atoms with Gasteiger partial charge in [-0.1, -0.05) is 18.2 Å². The number of ether oxygens (including phenoxy) is 3. The van der Waals surface area contributed by atoms with Gasteiger partial charge in [0.1, 0.15) is 5.56 Å². The van der Waals surface area contributed by atoms with Crippen molar-refractivity contribution in [1.29, 1.82) is 0 Å². The zero-order valence-electron chi connectivity index (χ0n) is 15.1. The van der Waals surface area contributed by atoms with E-state index in [1.807, 2.05) is 24.5 Å². The zero-order valence-corrected chi connectivity index (χ0v) is 15.9. The van der Waals surface area contributed by atoms with Crippen LogP contribution in [0.5, 0.6) is 11.5 Å². The quantitative estimate of drug-likeness (QED) is 0.589. The molecule has 0 fully saturated rings. The molecule has 2 aromatic rings. The van der Waals surface area contributed by atoms with Crippen LogP contribution in [0.4, 0.5) is 5.69 Å². The van der Waals surface area contributed by atoms with Gasteiger partial charge in [-0.25, -0.2) is 4.79 Å². The number of nitrogens with one attached hydrogen (secondary N) is 1. The first kappa shape index (κ1) is 19.7. The molecule has 1 atom stereocenters. The Bertz CT molecular complexity index is 793. The SMILES string of the molecule is COc1cccc(C(=O)O[C@@H](C)C(=O)Nc2ccccc2SC)c1OC. The van der Waals surface area contributed by atoms with Gasteiger partial charge in [0, 0.05) is 4.90 Å². The molecule has 0 radical (unpaired) electrons. The summed E-state index contributed by atoms with van der Waals surface area (Å²) in [6.07, 6.45) is 0.942. The number of para-hydroxylation sites is 2. The second-order valence-corrected chi connectivity index (χ2v) is 6.13. The van der Waals surface area contributed by atoms with Gasteiger partial charge in [-0.2, -0.15) is 0 Å². The number of hydrogen-bond acceptors (Lipinski definition) is 6. The highest BCUT2D eigenvalue weighted by molar-refractivity contribution is 7.98. The van der Waals surface area contributed by atoms with Crippen LogP contribution in [0.1, 0.15) is 17.3 Å². The molecular formula is C19H21NO5S. The minimum absolute atomic E-state index is 0.191. The van der Waals surface area contributed by atoms with Gasteiger partial charge in [-0.05, 0) is 37.4 Å². The predicted octanol–water partition coefficient (Wildman–Crippen LogP) is 3.61. The van der Waals surface area contributed by atoms with E-state index in [0.717, 1.165) is 4.90 Å². The molecule has 0 spiro atoms. The molecule has 0 unspecified atom stereocenters. The average Bonchev–Trinajstić information content (AvgIpc) is 2.67. The van der Waals surface area contributed by atoms with Crippen LogP contribution in [0.3, 0.4) is 0 Å². The maximum absolute atomic E-state index is 12.4. The molecule has 0 aliphatic carbocycles. The molecule has 26 heavy (non-hydrogen) atoms. The molecule has 0 aromatic heterocycles. The standard InChI is InChI=1S/C19H21NO5S/c1-12(18(21)20-14-9-5-6-11-16(14)26-4)25-19(22)13-8-7-10-15(23-2)17(13)24-3/h5-12H,1-4H3,(H,20,21)/t12-/m0/s1. The Morgan fingerprint density at radius 1 is 1.04 bits per heavy atom. The van der Waals surface area contributed by atoms with Crippen molar-refractivity contribution in [3.63, 3.8) is 0 Å². The van der Waals surface area contributed by atoms with Crippen molar-refractivity contribution in [2.24, 2.45) is 0 Å². The van der Waals surface area contributed by atoms with Crippen LogP contribution in [0.2, 0.25) is 0 Å². The van der Waals surface area contributed by atoms with E-state index >= 15 is 0 Å². The lowest BCUT2D eigenvalue weighted by atomic mass is 10.2. The number of carbonyl (C=O) groups is 2. The summed E-state index contributed by atoms with van der Waals surface area (Å²) in [6.45, 7) is 1.52. The van der Waals surface area contributed by atoms with Gasteiger partial charge >= 0.3 is 5.97 Å². The van der Waals surface area contributed by atoms with Gasteiger partial charge in [-0.3, -0.25) is 4.79 Å². The van der Waals surface area contributed by atoms with E-state index < -0.39 is 18.0 Å². The van der Waals surface area contributed by atoms with Crippen molar-refractivity contribution in [2.45, 2.75) is 17.9 Å². The fraction of sp³-hybridized carbons (Fsp3) is 0.263. The van der Waals surface area contributed by atoms with Crippen molar-refractivity contribution in [2.75, 3.05) is 25.8 Å². The molecule has 0 bridgehead atoms. The van der Waals surface area contributed by atoms with E-state index in [9.17, 15) is 9.59 Å². The molecule has 1 amide bonds. The number of hydrogen-bond donors (Lipinski definition) is 1. The van der Waals surface area contributed by atoms with Crippen LogP contribution >= 0.6 is 11.8 Å². The van der Waals surface area contributed by atoms with E-state index in [0.29, 0.717) is 11.4 Å². The summed E-state index contributed by atoms with van der Waals surface area (Å²) in [5.74, 6) is -0.406. The van der Waals surface area contributed by atoms with Gasteiger partial charge in [0.15, 0.2) is 17.6 Å². The van der Waals surface area contributed by atoms with Gasteiger partial charge < -0.3 is 19.5 Å². The maximum atomic E-state index is 12.4. The number of thioether (sulfide) groups is 1. The first-order valence-corrected chi connectivity index (χ1v) is 9.10. The molecule has 0 saturated carbocycles. The summed E-state index contributed by atoms with van der Waals surface area (Å²) < 4.78 is 15.7. The largest absolute Gasteiger partial charge is 0.493 e. The maximum Gasteiger partial charge on any atom is 0.342 e. The van der Waals surface area contributed by atoms with Gasteiger partial charge in [0.25, 0.3) is 5.91 Å². The number of carbonyl (C=O) groups excluding carboxylic acids is 2. The third-order valence-electron chi connectivity index (χ3n) is 3.64. The van der Waals surface area contributed by atoms with Crippen molar-refractivity contribution in [1.82, 2.24) is 0 Å². The van der Waals surface area contributed by atoms with E-state index in [1.54, 1.807) is 24.3 Å². The Kier molecular flexibility index (Phi) is 6.91. The van der Waals surface area contributed by atoms with E-state index in [2.05, 4.69) is 5.32 Å². The monoisotopic (exact) mass is 375 g/mol. The number of benzene rings is 2. The normalized spacial score (nSPS) is 11.4. The van der Waals surface area contributed by atoms with Gasteiger partial charge in [0.2, 0.25) is 0 Å². The van der Waals surface area contributed by atoms with Crippen LogP contribution in [0.25, 0.3) is 0 Å². The van der Waals surface area contributed by atoms with Gasteiger partial charge in [-0.15, -0.1) is 11.8 Å². The van der Waals surface area contributed by atoms with Crippen LogP contribution in [0, 0.1) is 0 Å². The highest BCUT2D eigenvalue weighted by Crippen LogP contribution is 2.31. The Balaban J connectivity index is 2.10. The first-order valence-electron chi connectivity index (χ1n) is 7.87.